The van der Waals surface area contributed by atoms with Crippen LogP contribution in [0.2, 0.25) is 15.1 Å². The first kappa shape index (κ1) is 20.2. The second-order valence-corrected chi connectivity index (χ2v) is 8.30. The minimum atomic E-state index is -0.435. The van der Waals surface area contributed by atoms with E-state index in [1.165, 1.54) is 26.6 Å². The summed E-state index contributed by atoms with van der Waals surface area (Å²) in [7, 11) is 1.59. The van der Waals surface area contributed by atoms with Gasteiger partial charge in [-0.2, -0.15) is 5.10 Å². The number of fused-ring (bicyclic) bond motifs is 1. The molecule has 4 rings (SSSR count). The number of pyridine rings is 1. The molecule has 0 aliphatic carbocycles. The first-order valence-corrected chi connectivity index (χ1v) is 10.1. The summed E-state index contributed by atoms with van der Waals surface area (Å²) in [6, 6.07) is 7.85. The van der Waals surface area contributed by atoms with Crippen LogP contribution in [0.15, 0.2) is 41.1 Å². The molecule has 0 spiro atoms. The lowest BCUT2D eigenvalue weighted by molar-refractivity contribution is 0.0768. The molecule has 29 heavy (non-hydrogen) atoms. The van der Waals surface area contributed by atoms with Gasteiger partial charge in [-0.15, -0.1) is 0 Å². The van der Waals surface area contributed by atoms with Crippen LogP contribution in [-0.2, 0) is 0 Å². The number of carbonyl (C=O) groups is 2. The maximum Gasteiger partial charge on any atom is 0.278 e. The number of carbonyl (C=O) groups excluding carboxylic acids is 2. The van der Waals surface area contributed by atoms with Gasteiger partial charge in [0.05, 0.1) is 21.3 Å². The molecule has 3 aromatic rings. The molecule has 0 atom stereocenters. The lowest BCUT2D eigenvalue weighted by Crippen LogP contribution is -2.48. The second-order valence-electron chi connectivity index (χ2n) is 6.23. The maximum atomic E-state index is 13.5. The summed E-state index contributed by atoms with van der Waals surface area (Å²) in [6.07, 6.45) is 1.55. The highest BCUT2D eigenvalue weighted by molar-refractivity contribution is 9.10. The zero-order valence-electron chi connectivity index (χ0n) is 14.7. The Bertz CT molecular complexity index is 1170. The lowest BCUT2D eigenvalue weighted by Gasteiger charge is -2.35. The van der Waals surface area contributed by atoms with Crippen molar-refractivity contribution >= 4 is 68.2 Å². The number of anilines is 1. The molecule has 0 fully saturated rings. The van der Waals surface area contributed by atoms with Gasteiger partial charge in [0, 0.05) is 24.3 Å². The molecule has 148 valence electrons. The monoisotopic (exact) mass is 513 g/mol. The van der Waals surface area contributed by atoms with E-state index in [9.17, 15) is 9.59 Å². The van der Waals surface area contributed by atoms with Gasteiger partial charge in [0.2, 0.25) is 0 Å². The summed E-state index contributed by atoms with van der Waals surface area (Å²) in [4.78, 5) is 33.1. The van der Waals surface area contributed by atoms with Gasteiger partial charge < -0.3 is 4.90 Å². The number of hydrogen-bond acceptors (Lipinski definition) is 4. The summed E-state index contributed by atoms with van der Waals surface area (Å²) < 4.78 is 1.76. The molecule has 2 aromatic heterocycles. The Hall–Kier alpha value is -2.13. The second kappa shape index (κ2) is 7.60. The highest BCUT2D eigenvalue weighted by atomic mass is 79.9. The van der Waals surface area contributed by atoms with Crippen LogP contribution in [0.1, 0.15) is 20.8 Å². The van der Waals surface area contributed by atoms with Crippen molar-refractivity contribution in [3.05, 3.63) is 67.5 Å². The van der Waals surface area contributed by atoms with Crippen LogP contribution < -0.4 is 4.90 Å². The Morgan fingerprint density at radius 2 is 1.93 bits per heavy atom. The van der Waals surface area contributed by atoms with E-state index in [4.69, 9.17) is 34.8 Å². The molecule has 1 aliphatic rings. The van der Waals surface area contributed by atoms with Gasteiger partial charge in [-0.25, -0.2) is 9.67 Å². The van der Waals surface area contributed by atoms with E-state index in [0.29, 0.717) is 26.2 Å². The first-order chi connectivity index (χ1) is 13.8. The molecule has 0 N–H and O–H groups in total. The highest BCUT2D eigenvalue weighted by Crippen LogP contribution is 2.37. The number of amides is 2. The SMILES string of the molecule is CN1CN(C(=O)c2cc(Br)nn2-c2ncccc2Cl)c2c(Cl)cc(Cl)cc2C1=O. The van der Waals surface area contributed by atoms with E-state index in [0.717, 1.165) is 0 Å². The first-order valence-electron chi connectivity index (χ1n) is 8.20. The molecule has 3 heterocycles. The van der Waals surface area contributed by atoms with Crippen LogP contribution in [0.4, 0.5) is 5.69 Å². The smallest absolute Gasteiger partial charge is 0.278 e. The minimum Gasteiger partial charge on any atom is -0.323 e. The van der Waals surface area contributed by atoms with Crippen LogP contribution in [-0.4, -0.2) is 45.2 Å². The van der Waals surface area contributed by atoms with Gasteiger partial charge in [0.15, 0.2) is 5.82 Å². The average molecular weight is 516 g/mol. The molecule has 1 aromatic carbocycles. The van der Waals surface area contributed by atoms with Crippen LogP contribution in [0, 0.1) is 0 Å². The topological polar surface area (TPSA) is 71.3 Å². The van der Waals surface area contributed by atoms with Crippen molar-refractivity contribution in [2.75, 3.05) is 18.6 Å². The highest BCUT2D eigenvalue weighted by Gasteiger charge is 2.35. The molecule has 0 saturated carbocycles. The zero-order valence-corrected chi connectivity index (χ0v) is 18.6. The minimum absolute atomic E-state index is 0.00473. The van der Waals surface area contributed by atoms with Crippen molar-refractivity contribution in [2.24, 2.45) is 0 Å². The van der Waals surface area contributed by atoms with E-state index in [-0.39, 0.29) is 28.9 Å². The van der Waals surface area contributed by atoms with Crippen LogP contribution >= 0.6 is 50.7 Å². The third-order valence-electron chi connectivity index (χ3n) is 4.31. The average Bonchev–Trinajstić information content (AvgIpc) is 3.06. The van der Waals surface area contributed by atoms with Gasteiger partial charge in [-0.1, -0.05) is 34.8 Å². The maximum absolute atomic E-state index is 13.5. The number of benzene rings is 1. The molecule has 0 bridgehead atoms. The van der Waals surface area contributed by atoms with E-state index in [2.05, 4.69) is 26.0 Å². The fraction of sp³-hybridized carbons (Fsp3) is 0.111. The van der Waals surface area contributed by atoms with E-state index < -0.39 is 5.91 Å². The molecule has 1 aliphatic heterocycles. The number of nitrogens with zero attached hydrogens (tertiary/aromatic N) is 5. The zero-order chi connectivity index (χ0) is 20.9. The van der Waals surface area contributed by atoms with Crippen molar-refractivity contribution in [1.82, 2.24) is 19.7 Å². The summed E-state index contributed by atoms with van der Waals surface area (Å²) in [5.74, 6) is -0.419. The molecular weight excluding hydrogens is 504 g/mol. The van der Waals surface area contributed by atoms with E-state index in [1.54, 1.807) is 31.4 Å². The Morgan fingerprint density at radius 3 is 2.66 bits per heavy atom. The fourth-order valence-corrected chi connectivity index (χ4v) is 4.23. The van der Waals surface area contributed by atoms with E-state index in [1.807, 2.05) is 0 Å². The van der Waals surface area contributed by atoms with Gasteiger partial charge in [0.1, 0.15) is 17.0 Å². The molecule has 0 saturated heterocycles. The molecule has 0 radical (unpaired) electrons. The Morgan fingerprint density at radius 1 is 1.17 bits per heavy atom. The Balaban J connectivity index is 1.87. The normalized spacial score (nSPS) is 13.6. The largest absolute Gasteiger partial charge is 0.323 e. The van der Waals surface area contributed by atoms with Crippen molar-refractivity contribution < 1.29 is 9.59 Å². The Kier molecular flexibility index (Phi) is 5.29. The predicted molar refractivity (Wildman–Crippen MR) is 114 cm³/mol. The molecule has 11 heteroatoms. The van der Waals surface area contributed by atoms with Crippen molar-refractivity contribution in [2.45, 2.75) is 0 Å². The third-order valence-corrected chi connectivity index (χ3v) is 5.50. The summed E-state index contributed by atoms with van der Waals surface area (Å²) >= 11 is 22.0. The molecule has 7 nitrogen and oxygen atoms in total. The van der Waals surface area contributed by atoms with Crippen LogP contribution in [0.3, 0.4) is 0 Å². The van der Waals surface area contributed by atoms with Gasteiger partial charge in [-0.05, 0) is 40.2 Å². The Labute approximate surface area is 188 Å². The van der Waals surface area contributed by atoms with Crippen molar-refractivity contribution in [3.63, 3.8) is 0 Å². The molecular formula is C18H11BrCl3N5O2. The third kappa shape index (κ3) is 3.50. The lowest BCUT2D eigenvalue weighted by atomic mass is 10.1. The number of halogens is 4. The molecule has 2 amide bonds. The standard InChI is InChI=1S/C18H11BrCl3N5O2/c1-25-8-26(15-10(17(25)28)5-9(20)6-12(15)22)18(29)13-7-14(19)24-27(13)16-11(21)3-2-4-23-16/h2-7H,8H2,1H3. The number of aromatic nitrogens is 3. The van der Waals surface area contributed by atoms with Crippen LogP contribution in [0.5, 0.6) is 0 Å². The van der Waals surface area contributed by atoms with Gasteiger partial charge in [-0.3, -0.25) is 14.5 Å². The van der Waals surface area contributed by atoms with Crippen LogP contribution in [0.25, 0.3) is 5.82 Å². The molecule has 0 unspecified atom stereocenters. The quantitative estimate of drug-likeness (QED) is 0.497. The number of rotatable bonds is 2. The summed E-state index contributed by atoms with van der Waals surface area (Å²) in [6.45, 7) is 0.00473. The summed E-state index contributed by atoms with van der Waals surface area (Å²) in [5, 5.41) is 5.12. The summed E-state index contributed by atoms with van der Waals surface area (Å²) in [5.41, 5.74) is 0.725. The van der Waals surface area contributed by atoms with Gasteiger partial charge in [0.25, 0.3) is 11.8 Å². The predicted octanol–water partition coefficient (Wildman–Crippen LogP) is 4.68. The van der Waals surface area contributed by atoms with Crippen molar-refractivity contribution in [1.29, 1.82) is 0 Å². The van der Waals surface area contributed by atoms with E-state index >= 15 is 0 Å². The van der Waals surface area contributed by atoms with Crippen molar-refractivity contribution in [3.8, 4) is 5.82 Å². The fourth-order valence-electron chi connectivity index (χ4n) is 3.06. The van der Waals surface area contributed by atoms with Gasteiger partial charge >= 0.3 is 0 Å². The number of hydrogen-bond donors (Lipinski definition) is 0.